The topological polar surface area (TPSA) is 87.2 Å². The molecule has 0 radical (unpaired) electrons. The molecule has 3 aliphatic heterocycles. The first-order valence-electron chi connectivity index (χ1n) is 20.1. The monoisotopic (exact) mass is 787 g/mol. The normalized spacial score (nSPS) is 31.0. The molecule has 7 atom stereocenters. The van der Waals surface area contributed by atoms with Crippen molar-refractivity contribution in [2.24, 2.45) is 17.8 Å². The second-order valence-electron chi connectivity index (χ2n) is 16.2. The lowest BCUT2D eigenvalue weighted by molar-refractivity contribution is -0.0919. The fourth-order valence-corrected chi connectivity index (χ4v) is 10.8. The number of hydrogen-bond donors (Lipinski definition) is 1. The predicted octanol–water partition coefficient (Wildman–Crippen LogP) is 7.25. The average Bonchev–Trinajstić information content (AvgIpc) is 3.35. The molecule has 1 N–H and O–H groups in total. The van der Waals surface area contributed by atoms with E-state index in [9.17, 15) is 9.00 Å². The molecule has 3 aromatic rings. The lowest BCUT2D eigenvalue weighted by Crippen LogP contribution is -2.58. The molecule has 4 heterocycles. The van der Waals surface area contributed by atoms with Crippen molar-refractivity contribution in [3.05, 3.63) is 94.8 Å². The first-order valence-corrected chi connectivity index (χ1v) is 22.3. The Labute approximate surface area is 333 Å². The Balaban J connectivity index is 1.24. The van der Waals surface area contributed by atoms with Crippen LogP contribution in [0, 0.1) is 17.8 Å². The summed E-state index contributed by atoms with van der Waals surface area (Å²) >= 11 is 6.52. The van der Waals surface area contributed by atoms with Crippen LogP contribution in [0.25, 0.3) is 0 Å². The van der Waals surface area contributed by atoms with Crippen molar-refractivity contribution in [3.8, 4) is 5.75 Å². The lowest BCUT2D eigenvalue weighted by atomic mass is 9.63. The number of halogens is 1. The van der Waals surface area contributed by atoms with Crippen LogP contribution in [0.4, 0.5) is 11.4 Å². The zero-order valence-corrected chi connectivity index (χ0v) is 34.5. The molecule has 55 heavy (non-hydrogen) atoms. The van der Waals surface area contributed by atoms with Crippen molar-refractivity contribution in [2.45, 2.75) is 69.6 Å². The van der Waals surface area contributed by atoms with Crippen LogP contribution in [-0.2, 0) is 20.9 Å². The quantitative estimate of drug-likeness (QED) is 0.198. The first-order chi connectivity index (χ1) is 26.5. The molecular formula is C44H58ClN5O4S. The summed E-state index contributed by atoms with van der Waals surface area (Å²) in [6, 6.07) is 16.0. The smallest absolute Gasteiger partial charge is 0.262 e. The van der Waals surface area contributed by atoms with E-state index in [4.69, 9.17) is 21.1 Å². The zero-order chi connectivity index (χ0) is 38.7. The molecule has 2 bridgehead atoms. The Morgan fingerprint density at radius 1 is 1.07 bits per heavy atom. The van der Waals surface area contributed by atoms with Crippen molar-refractivity contribution in [1.82, 2.24) is 14.6 Å². The summed E-state index contributed by atoms with van der Waals surface area (Å²) in [5.74, 6) is 5.20. The summed E-state index contributed by atoms with van der Waals surface area (Å²) in [6.45, 7) is 12.8. The van der Waals surface area contributed by atoms with E-state index in [1.54, 1.807) is 6.07 Å². The third-order valence-electron chi connectivity index (χ3n) is 12.8. The predicted molar refractivity (Wildman–Crippen MR) is 226 cm³/mol. The molecule has 11 heteroatoms. The Morgan fingerprint density at radius 3 is 2.60 bits per heavy atom. The summed E-state index contributed by atoms with van der Waals surface area (Å²) in [4.78, 5) is 25.6. The van der Waals surface area contributed by atoms with E-state index in [0.717, 1.165) is 93.6 Å². The number of benzene rings is 2. The van der Waals surface area contributed by atoms with E-state index in [-0.39, 0.29) is 28.9 Å². The van der Waals surface area contributed by atoms with Gasteiger partial charge in [0.15, 0.2) is 0 Å². The van der Waals surface area contributed by atoms with Gasteiger partial charge in [-0.2, -0.15) is 0 Å². The lowest BCUT2D eigenvalue weighted by Gasteiger charge is -2.52. The highest BCUT2D eigenvalue weighted by atomic mass is 35.5. The maximum atomic E-state index is 14.1. The number of fused-ring (bicyclic) bond motifs is 2. The zero-order valence-electron chi connectivity index (χ0n) is 32.9. The molecule has 0 spiro atoms. The number of piperazine rings is 1. The van der Waals surface area contributed by atoms with Crippen LogP contribution in [0.15, 0.2) is 73.1 Å². The van der Waals surface area contributed by atoms with Crippen LogP contribution in [0.2, 0.25) is 5.02 Å². The highest BCUT2D eigenvalue weighted by molar-refractivity contribution is 7.99. The molecule has 4 aliphatic rings. The standard InChI is InChI=1S/C44H58ClN5O4S/c1-6-9-33-24-37(45)14-15-39(33)36-28-50-27-35-12-16-40(35)44(53-4,30-48-20-22-49(23-21-48)38-11-8-19-46-26-38)18-7-10-31(2)32(3)55(5,52)47-43(51)34-13-17-42(54-29-36)41(50)25-34/h7-8,11,13-15,17-19,24-26,31-32,35-36,40H,5-6,9-10,12,16,20-23,27-30H2,1-4H3,(H,47,51,52)/b18-7+. The minimum absolute atomic E-state index is 0.0163. The maximum Gasteiger partial charge on any atom is 0.262 e. The second-order valence-corrected chi connectivity index (χ2v) is 19.1. The number of carbonyl (C=O) groups is 1. The van der Waals surface area contributed by atoms with Crippen LogP contribution >= 0.6 is 11.6 Å². The van der Waals surface area contributed by atoms with Crippen molar-refractivity contribution in [3.63, 3.8) is 0 Å². The summed E-state index contributed by atoms with van der Waals surface area (Å²) < 4.78 is 30.2. The number of rotatable bonds is 7. The number of ether oxygens (including phenoxy) is 2. The fourth-order valence-electron chi connectivity index (χ4n) is 9.16. The number of allylic oxidation sites excluding steroid dienone is 1. The van der Waals surface area contributed by atoms with E-state index < -0.39 is 15.3 Å². The maximum absolute atomic E-state index is 14.1. The van der Waals surface area contributed by atoms with E-state index >= 15 is 0 Å². The van der Waals surface area contributed by atoms with E-state index in [1.165, 1.54) is 11.1 Å². The molecule has 1 saturated carbocycles. The largest absolute Gasteiger partial charge is 0.491 e. The van der Waals surface area contributed by atoms with Gasteiger partial charge in [0.05, 0.1) is 33.9 Å². The third-order valence-corrected chi connectivity index (χ3v) is 15.2. The summed E-state index contributed by atoms with van der Waals surface area (Å²) in [7, 11) is -1.09. The summed E-state index contributed by atoms with van der Waals surface area (Å²) in [5.41, 5.74) is 4.52. The molecule has 2 fully saturated rings. The van der Waals surface area contributed by atoms with Gasteiger partial charge in [-0.1, -0.05) is 50.1 Å². The summed E-state index contributed by atoms with van der Waals surface area (Å²) in [6.07, 6.45) is 13.1. The number of anilines is 2. The van der Waals surface area contributed by atoms with Gasteiger partial charge in [-0.15, -0.1) is 0 Å². The number of pyridine rings is 1. The summed E-state index contributed by atoms with van der Waals surface area (Å²) in [5, 5.41) is 0.400. The van der Waals surface area contributed by atoms with Gasteiger partial charge in [-0.3, -0.25) is 19.4 Å². The number of nitrogens with one attached hydrogen (secondary N) is 1. The molecular weight excluding hydrogens is 730 g/mol. The molecule has 2 aromatic carbocycles. The number of amides is 1. The van der Waals surface area contributed by atoms with Gasteiger partial charge in [0.25, 0.3) is 5.91 Å². The van der Waals surface area contributed by atoms with Gasteiger partial charge >= 0.3 is 0 Å². The van der Waals surface area contributed by atoms with Gasteiger partial charge in [0.1, 0.15) is 11.4 Å². The minimum Gasteiger partial charge on any atom is -0.491 e. The van der Waals surface area contributed by atoms with Crippen molar-refractivity contribution in [2.75, 3.05) is 69.3 Å². The second kappa shape index (κ2) is 16.9. The van der Waals surface area contributed by atoms with E-state index in [0.29, 0.717) is 24.5 Å². The van der Waals surface area contributed by atoms with Gasteiger partial charge in [0.2, 0.25) is 0 Å². The highest BCUT2D eigenvalue weighted by Gasteiger charge is 2.48. The van der Waals surface area contributed by atoms with Crippen molar-refractivity contribution < 1.29 is 18.5 Å². The number of methoxy groups -OCH3 is 1. The molecule has 1 aliphatic carbocycles. The molecule has 296 valence electrons. The molecule has 1 saturated heterocycles. The Hall–Kier alpha value is -3.57. The van der Waals surface area contributed by atoms with Gasteiger partial charge in [-0.25, -0.2) is 4.21 Å². The Kier molecular flexibility index (Phi) is 12.2. The van der Waals surface area contributed by atoms with Crippen molar-refractivity contribution >= 4 is 44.5 Å². The van der Waals surface area contributed by atoms with Crippen molar-refractivity contribution in [1.29, 1.82) is 0 Å². The van der Waals surface area contributed by atoms with E-state index in [2.05, 4.69) is 74.5 Å². The van der Waals surface area contributed by atoms with Crippen LogP contribution in [0.5, 0.6) is 5.75 Å². The molecule has 9 nitrogen and oxygen atoms in total. The Bertz CT molecular complexity index is 1950. The van der Waals surface area contributed by atoms with Crippen LogP contribution in [0.1, 0.15) is 73.9 Å². The SMILES string of the molecule is C=S1(=O)NC(=O)c2ccc3c(c2)N(CC(c2ccc(Cl)cc2CCC)CO3)CC2CCC2C(CN2CCN(c3cccnc3)CC2)(OC)/C=C/CC(C)C1C. The number of carbonyl (C=O) groups excluding carboxylic acids is 1. The van der Waals surface area contributed by atoms with Gasteiger partial charge in [0, 0.05) is 80.9 Å². The first kappa shape index (κ1) is 39.7. The van der Waals surface area contributed by atoms with E-state index in [1.807, 2.05) is 50.7 Å². The van der Waals surface area contributed by atoms with Crippen LogP contribution in [-0.4, -0.2) is 96.3 Å². The number of hydrogen-bond acceptors (Lipinski definition) is 8. The molecule has 7 unspecified atom stereocenters. The number of aryl methyl sites for hydroxylation is 1. The highest BCUT2D eigenvalue weighted by Crippen LogP contribution is 2.47. The van der Waals surface area contributed by atoms with Crippen LogP contribution in [0.3, 0.4) is 0 Å². The number of aromatic nitrogens is 1. The number of nitrogens with zero attached hydrogens (tertiary/aromatic N) is 4. The van der Waals surface area contributed by atoms with Gasteiger partial charge in [-0.05, 0) is 110 Å². The third kappa shape index (κ3) is 8.58. The molecule has 1 aromatic heterocycles. The molecule has 1 amide bonds. The Morgan fingerprint density at radius 2 is 1.89 bits per heavy atom. The minimum atomic E-state index is -2.97. The van der Waals surface area contributed by atoms with Gasteiger partial charge < -0.3 is 19.3 Å². The van der Waals surface area contributed by atoms with Crippen LogP contribution < -0.4 is 19.3 Å². The average molecular weight is 788 g/mol. The fraction of sp³-hybridized carbons (Fsp3) is 0.523. The molecule has 7 rings (SSSR count).